The van der Waals surface area contributed by atoms with Crippen LogP contribution in [0.3, 0.4) is 0 Å². The number of rotatable bonds is 6. The Morgan fingerprint density at radius 1 is 1.30 bits per heavy atom. The van der Waals surface area contributed by atoms with Crippen molar-refractivity contribution >= 4 is 17.2 Å². The first-order chi connectivity index (χ1) is 14.6. The second kappa shape index (κ2) is 9.85. The minimum absolute atomic E-state index is 0.0139. The molecule has 2 aliphatic rings. The van der Waals surface area contributed by atoms with E-state index in [0.717, 1.165) is 82.3 Å². The molecule has 2 aliphatic heterocycles. The number of carbonyl (C=O) groups is 1. The summed E-state index contributed by atoms with van der Waals surface area (Å²) in [5.41, 5.74) is 1.62. The van der Waals surface area contributed by atoms with Crippen molar-refractivity contribution in [3.05, 3.63) is 39.1 Å². The van der Waals surface area contributed by atoms with Gasteiger partial charge in [0.25, 0.3) is 5.56 Å². The molecule has 0 saturated carbocycles. The van der Waals surface area contributed by atoms with Crippen LogP contribution >= 0.6 is 11.3 Å². The van der Waals surface area contributed by atoms with Gasteiger partial charge < -0.3 is 14.6 Å². The number of aromatic nitrogens is 2. The Labute approximate surface area is 181 Å². The van der Waals surface area contributed by atoms with Gasteiger partial charge in [0.05, 0.1) is 18.9 Å². The van der Waals surface area contributed by atoms with Gasteiger partial charge in [-0.3, -0.25) is 14.5 Å². The molecule has 4 heterocycles. The van der Waals surface area contributed by atoms with Crippen LogP contribution in [0.4, 0.5) is 0 Å². The number of H-pyrrole nitrogens is 1. The maximum Gasteiger partial charge on any atom is 0.251 e. The number of ether oxygens (including phenoxy) is 1. The number of thiophene rings is 1. The Balaban J connectivity index is 1.29. The highest BCUT2D eigenvalue weighted by Gasteiger charge is 2.28. The topological polar surface area (TPSA) is 78.5 Å². The number of carbonyl (C=O) groups excluding carboxylic acids is 1. The molecule has 4 rings (SSSR count). The SMILES string of the molecule is C[C@H](CN1CCOCC1)C(=O)N1CCC(Cc2nc(-c3ccsc3)cc(=O)[nH]2)CC1. The lowest BCUT2D eigenvalue weighted by molar-refractivity contribution is -0.137. The Hall–Kier alpha value is -2.03. The highest BCUT2D eigenvalue weighted by molar-refractivity contribution is 7.08. The first-order valence-electron chi connectivity index (χ1n) is 10.8. The number of piperidine rings is 1. The van der Waals surface area contributed by atoms with Crippen LogP contribution in [0.2, 0.25) is 0 Å². The monoisotopic (exact) mass is 430 g/mol. The van der Waals surface area contributed by atoms with E-state index >= 15 is 0 Å². The molecule has 2 saturated heterocycles. The summed E-state index contributed by atoms with van der Waals surface area (Å²) in [4.78, 5) is 36.8. The Bertz CT molecular complexity index is 884. The Morgan fingerprint density at radius 3 is 2.77 bits per heavy atom. The first-order valence-corrected chi connectivity index (χ1v) is 11.7. The molecule has 1 amide bonds. The molecule has 0 spiro atoms. The number of nitrogens with zero attached hydrogens (tertiary/aromatic N) is 3. The first kappa shape index (κ1) is 21.2. The van der Waals surface area contributed by atoms with E-state index in [1.165, 1.54) is 0 Å². The predicted molar refractivity (Wildman–Crippen MR) is 118 cm³/mol. The third kappa shape index (κ3) is 5.36. The molecule has 0 unspecified atom stereocenters. The molecular formula is C22H30N4O3S. The summed E-state index contributed by atoms with van der Waals surface area (Å²) in [5, 5.41) is 4.00. The number of nitrogens with one attached hydrogen (secondary N) is 1. The van der Waals surface area contributed by atoms with E-state index in [0.29, 0.717) is 5.92 Å². The van der Waals surface area contributed by atoms with Gasteiger partial charge in [-0.15, -0.1) is 0 Å². The zero-order chi connectivity index (χ0) is 20.9. The van der Waals surface area contributed by atoms with Crippen LogP contribution in [0.5, 0.6) is 0 Å². The van der Waals surface area contributed by atoms with E-state index in [1.54, 1.807) is 17.4 Å². The largest absolute Gasteiger partial charge is 0.379 e. The molecule has 8 heteroatoms. The van der Waals surface area contributed by atoms with E-state index in [4.69, 9.17) is 4.74 Å². The van der Waals surface area contributed by atoms with E-state index in [1.807, 2.05) is 28.7 Å². The molecule has 1 atom stereocenters. The van der Waals surface area contributed by atoms with Gasteiger partial charge in [0.15, 0.2) is 0 Å². The number of amides is 1. The summed E-state index contributed by atoms with van der Waals surface area (Å²) in [6.07, 6.45) is 2.64. The molecule has 7 nitrogen and oxygen atoms in total. The fourth-order valence-corrected chi connectivity index (χ4v) is 5.00. The predicted octanol–water partition coefficient (Wildman–Crippen LogP) is 2.25. The number of likely N-dealkylation sites (tertiary alicyclic amines) is 1. The summed E-state index contributed by atoms with van der Waals surface area (Å²) in [6.45, 7) is 7.75. The fraction of sp³-hybridized carbons (Fsp3) is 0.591. The van der Waals surface area contributed by atoms with Crippen molar-refractivity contribution in [2.45, 2.75) is 26.2 Å². The van der Waals surface area contributed by atoms with Crippen LogP contribution in [0.1, 0.15) is 25.6 Å². The molecule has 0 aromatic carbocycles. The second-order valence-corrected chi connectivity index (χ2v) is 9.16. The molecule has 162 valence electrons. The molecule has 30 heavy (non-hydrogen) atoms. The lowest BCUT2D eigenvalue weighted by atomic mass is 9.92. The zero-order valence-corrected chi connectivity index (χ0v) is 18.3. The highest BCUT2D eigenvalue weighted by Crippen LogP contribution is 2.23. The lowest BCUT2D eigenvalue weighted by Crippen LogP contribution is -2.46. The van der Waals surface area contributed by atoms with Gasteiger partial charge in [0, 0.05) is 62.1 Å². The average molecular weight is 431 g/mol. The fourth-order valence-electron chi connectivity index (χ4n) is 4.35. The van der Waals surface area contributed by atoms with Gasteiger partial charge >= 0.3 is 0 Å². The lowest BCUT2D eigenvalue weighted by Gasteiger charge is -2.35. The summed E-state index contributed by atoms with van der Waals surface area (Å²) in [5.74, 6) is 1.45. The maximum atomic E-state index is 12.9. The summed E-state index contributed by atoms with van der Waals surface area (Å²) < 4.78 is 5.39. The molecule has 0 aliphatic carbocycles. The van der Waals surface area contributed by atoms with E-state index in [9.17, 15) is 9.59 Å². The van der Waals surface area contributed by atoms with Crippen molar-refractivity contribution in [3.8, 4) is 11.3 Å². The van der Waals surface area contributed by atoms with E-state index in [2.05, 4.69) is 14.9 Å². The standard InChI is InChI=1S/C22H30N4O3S/c1-16(14-25-7-9-29-10-8-25)22(28)26-5-2-17(3-6-26)12-20-23-19(13-21(27)24-20)18-4-11-30-15-18/h4,11,13,15-17H,2-3,5-10,12,14H2,1H3,(H,23,24,27)/t16-/m1/s1. The molecule has 2 fully saturated rings. The number of aromatic amines is 1. The number of morpholine rings is 1. The summed E-state index contributed by atoms with van der Waals surface area (Å²) in [6, 6.07) is 3.54. The smallest absolute Gasteiger partial charge is 0.251 e. The van der Waals surface area contributed by atoms with Gasteiger partial charge in [-0.1, -0.05) is 6.92 Å². The molecule has 1 N–H and O–H groups in total. The van der Waals surface area contributed by atoms with Gasteiger partial charge in [-0.2, -0.15) is 11.3 Å². The molecule has 0 bridgehead atoms. The van der Waals surface area contributed by atoms with Gasteiger partial charge in [-0.05, 0) is 30.2 Å². The van der Waals surface area contributed by atoms with Crippen molar-refractivity contribution in [2.75, 3.05) is 45.9 Å². The minimum Gasteiger partial charge on any atom is -0.379 e. The molecule has 2 aromatic rings. The van der Waals surface area contributed by atoms with Crippen molar-refractivity contribution in [2.24, 2.45) is 11.8 Å². The molecule has 2 aromatic heterocycles. The van der Waals surface area contributed by atoms with Gasteiger partial charge in [-0.25, -0.2) is 4.98 Å². The average Bonchev–Trinajstić information content (AvgIpc) is 3.29. The maximum absolute atomic E-state index is 12.9. The number of hydrogen-bond acceptors (Lipinski definition) is 6. The van der Waals surface area contributed by atoms with E-state index in [-0.39, 0.29) is 17.4 Å². The van der Waals surface area contributed by atoms with Crippen LogP contribution in [-0.2, 0) is 16.0 Å². The number of hydrogen-bond donors (Lipinski definition) is 1. The third-order valence-corrected chi connectivity index (χ3v) is 6.76. The molecular weight excluding hydrogens is 400 g/mol. The van der Waals surface area contributed by atoms with Gasteiger partial charge in [0.2, 0.25) is 5.91 Å². The normalized spacial score (nSPS) is 19.7. The van der Waals surface area contributed by atoms with Crippen LogP contribution in [0, 0.1) is 11.8 Å². The third-order valence-electron chi connectivity index (χ3n) is 6.07. The Kier molecular flexibility index (Phi) is 6.97. The van der Waals surface area contributed by atoms with Crippen LogP contribution in [-0.4, -0.2) is 71.6 Å². The zero-order valence-electron chi connectivity index (χ0n) is 17.5. The minimum atomic E-state index is -0.106. The Morgan fingerprint density at radius 2 is 2.07 bits per heavy atom. The van der Waals surface area contributed by atoms with Crippen molar-refractivity contribution < 1.29 is 9.53 Å². The van der Waals surface area contributed by atoms with Crippen molar-refractivity contribution in [3.63, 3.8) is 0 Å². The van der Waals surface area contributed by atoms with Crippen LogP contribution < -0.4 is 5.56 Å². The summed E-state index contributed by atoms with van der Waals surface area (Å²) >= 11 is 1.60. The van der Waals surface area contributed by atoms with Crippen molar-refractivity contribution in [1.82, 2.24) is 19.8 Å². The van der Waals surface area contributed by atoms with Crippen LogP contribution in [0.15, 0.2) is 27.7 Å². The second-order valence-electron chi connectivity index (χ2n) is 8.38. The summed E-state index contributed by atoms with van der Waals surface area (Å²) in [7, 11) is 0. The molecule has 0 radical (unpaired) electrons. The van der Waals surface area contributed by atoms with Crippen LogP contribution in [0.25, 0.3) is 11.3 Å². The van der Waals surface area contributed by atoms with Crippen molar-refractivity contribution in [1.29, 1.82) is 0 Å². The van der Waals surface area contributed by atoms with E-state index < -0.39 is 0 Å². The van der Waals surface area contributed by atoms with Gasteiger partial charge in [0.1, 0.15) is 5.82 Å². The quantitative estimate of drug-likeness (QED) is 0.761. The highest BCUT2D eigenvalue weighted by atomic mass is 32.1.